The fraction of sp³-hybridized carbons (Fsp3) is 0.308. The number of benzene rings is 1. The minimum atomic E-state index is -0.946. The van der Waals surface area contributed by atoms with E-state index in [2.05, 4.69) is 0 Å². The van der Waals surface area contributed by atoms with Crippen molar-refractivity contribution in [2.45, 2.75) is 19.3 Å². The molecule has 0 aliphatic heterocycles. The molecule has 0 amide bonds. The third-order valence-corrected chi connectivity index (χ3v) is 2.76. The molecule has 1 aliphatic carbocycles. The van der Waals surface area contributed by atoms with Gasteiger partial charge >= 0.3 is 5.97 Å². The van der Waals surface area contributed by atoms with Gasteiger partial charge in [0.05, 0.1) is 0 Å². The largest absolute Gasteiger partial charge is 0.478 e. The van der Waals surface area contributed by atoms with E-state index in [1.165, 1.54) is 12.1 Å². The average molecular weight is 220 g/mol. The van der Waals surface area contributed by atoms with Crippen LogP contribution >= 0.6 is 0 Å². The molecule has 0 aromatic heterocycles. The Balaban J connectivity index is 2.18. The van der Waals surface area contributed by atoms with Crippen LogP contribution in [0.1, 0.15) is 18.4 Å². The van der Waals surface area contributed by atoms with E-state index in [1.807, 2.05) is 0 Å². The highest BCUT2D eigenvalue weighted by Crippen LogP contribution is 2.38. The van der Waals surface area contributed by atoms with Crippen molar-refractivity contribution < 1.29 is 14.3 Å². The van der Waals surface area contributed by atoms with E-state index in [4.69, 9.17) is 5.11 Å². The van der Waals surface area contributed by atoms with Crippen molar-refractivity contribution in [3.63, 3.8) is 0 Å². The molecule has 0 radical (unpaired) electrons. The number of hydrogen-bond donors (Lipinski definition) is 1. The van der Waals surface area contributed by atoms with E-state index in [0.29, 0.717) is 17.9 Å². The van der Waals surface area contributed by atoms with Gasteiger partial charge in [0.1, 0.15) is 5.82 Å². The van der Waals surface area contributed by atoms with E-state index in [1.54, 1.807) is 18.2 Å². The minimum absolute atomic E-state index is 0.264. The Morgan fingerprint density at radius 2 is 2.12 bits per heavy atom. The monoisotopic (exact) mass is 220 g/mol. The predicted octanol–water partition coefficient (Wildman–Crippen LogP) is 2.79. The van der Waals surface area contributed by atoms with Crippen molar-refractivity contribution in [2.24, 2.45) is 5.92 Å². The minimum Gasteiger partial charge on any atom is -0.478 e. The normalized spacial score (nSPS) is 16.2. The standard InChI is InChI=1S/C13H13FO2/c14-12-4-2-1-3-10(12)7-11(8-13(15)16)9-5-6-9/h1-4,8-9H,5-7H2,(H,15,16)/b11-8-. The first-order valence-corrected chi connectivity index (χ1v) is 5.33. The van der Waals surface area contributed by atoms with Gasteiger partial charge in [0.15, 0.2) is 0 Å². The van der Waals surface area contributed by atoms with Crippen molar-refractivity contribution in [3.8, 4) is 0 Å². The molecule has 1 aromatic rings. The van der Waals surface area contributed by atoms with Gasteiger partial charge in [-0.1, -0.05) is 23.8 Å². The van der Waals surface area contributed by atoms with Crippen LogP contribution in [0.4, 0.5) is 4.39 Å². The molecular formula is C13H13FO2. The van der Waals surface area contributed by atoms with Gasteiger partial charge < -0.3 is 5.11 Å². The fourth-order valence-electron chi connectivity index (χ4n) is 1.79. The molecule has 0 atom stereocenters. The van der Waals surface area contributed by atoms with Crippen molar-refractivity contribution in [2.75, 3.05) is 0 Å². The maximum Gasteiger partial charge on any atom is 0.328 e. The Hall–Kier alpha value is -1.64. The first-order valence-electron chi connectivity index (χ1n) is 5.33. The second-order valence-electron chi connectivity index (χ2n) is 4.10. The second-order valence-corrected chi connectivity index (χ2v) is 4.10. The summed E-state index contributed by atoms with van der Waals surface area (Å²) in [6.45, 7) is 0. The molecule has 3 heteroatoms. The number of allylic oxidation sites excluding steroid dienone is 1. The number of aliphatic carboxylic acids is 1. The van der Waals surface area contributed by atoms with Gasteiger partial charge in [-0.2, -0.15) is 0 Å². The molecule has 0 bridgehead atoms. The van der Waals surface area contributed by atoms with Crippen LogP contribution in [0.25, 0.3) is 0 Å². The molecule has 1 saturated carbocycles. The van der Waals surface area contributed by atoms with Crippen LogP contribution < -0.4 is 0 Å². The Morgan fingerprint density at radius 3 is 2.69 bits per heavy atom. The lowest BCUT2D eigenvalue weighted by molar-refractivity contribution is -0.131. The molecule has 1 aliphatic rings. The fourth-order valence-corrected chi connectivity index (χ4v) is 1.79. The Morgan fingerprint density at radius 1 is 1.44 bits per heavy atom. The Bertz CT molecular complexity index is 433. The number of halogens is 1. The van der Waals surface area contributed by atoms with Crippen molar-refractivity contribution in [1.29, 1.82) is 0 Å². The summed E-state index contributed by atoms with van der Waals surface area (Å²) < 4.78 is 13.4. The van der Waals surface area contributed by atoms with E-state index in [0.717, 1.165) is 18.4 Å². The average Bonchev–Trinajstić information content (AvgIpc) is 3.03. The maximum atomic E-state index is 13.4. The molecule has 1 fully saturated rings. The van der Waals surface area contributed by atoms with Gasteiger partial charge in [-0.3, -0.25) is 0 Å². The smallest absolute Gasteiger partial charge is 0.328 e. The molecule has 2 rings (SSSR count). The van der Waals surface area contributed by atoms with Gasteiger partial charge in [-0.05, 0) is 36.8 Å². The van der Waals surface area contributed by atoms with Crippen LogP contribution in [0, 0.1) is 11.7 Å². The van der Waals surface area contributed by atoms with Crippen LogP contribution in [0.5, 0.6) is 0 Å². The van der Waals surface area contributed by atoms with Crippen molar-refractivity contribution in [3.05, 3.63) is 47.3 Å². The summed E-state index contributed by atoms with van der Waals surface area (Å²) in [4.78, 5) is 10.6. The van der Waals surface area contributed by atoms with E-state index in [9.17, 15) is 9.18 Å². The van der Waals surface area contributed by atoms with Gasteiger partial charge in [-0.15, -0.1) is 0 Å². The van der Waals surface area contributed by atoms with E-state index < -0.39 is 5.97 Å². The first-order chi connectivity index (χ1) is 7.66. The molecule has 1 aromatic carbocycles. The summed E-state index contributed by atoms with van der Waals surface area (Å²) in [5.74, 6) is -0.867. The van der Waals surface area contributed by atoms with Crippen LogP contribution in [0.3, 0.4) is 0 Å². The SMILES string of the molecule is O=C(O)/C=C(/Cc1ccccc1F)C1CC1. The van der Waals surface area contributed by atoms with E-state index >= 15 is 0 Å². The number of carboxylic acid groups (broad SMARTS) is 1. The van der Waals surface area contributed by atoms with Crippen LogP contribution in [-0.2, 0) is 11.2 Å². The molecule has 0 spiro atoms. The van der Waals surface area contributed by atoms with Crippen molar-refractivity contribution in [1.82, 2.24) is 0 Å². The third-order valence-electron chi connectivity index (χ3n) is 2.76. The first kappa shape index (κ1) is 10.9. The van der Waals surface area contributed by atoms with Crippen molar-refractivity contribution >= 4 is 5.97 Å². The van der Waals surface area contributed by atoms with Crippen LogP contribution in [0.2, 0.25) is 0 Å². The van der Waals surface area contributed by atoms with Crippen LogP contribution in [-0.4, -0.2) is 11.1 Å². The summed E-state index contributed by atoms with van der Waals surface area (Å²) in [6, 6.07) is 6.51. The molecule has 0 saturated heterocycles. The Kier molecular flexibility index (Phi) is 3.04. The summed E-state index contributed by atoms with van der Waals surface area (Å²) >= 11 is 0. The highest BCUT2D eigenvalue weighted by Gasteiger charge is 2.26. The quantitative estimate of drug-likeness (QED) is 0.792. The number of carbonyl (C=O) groups is 1. The zero-order chi connectivity index (χ0) is 11.5. The maximum absolute atomic E-state index is 13.4. The van der Waals surface area contributed by atoms with Gasteiger partial charge in [-0.25, -0.2) is 9.18 Å². The number of rotatable bonds is 4. The lowest BCUT2D eigenvalue weighted by Gasteiger charge is -2.06. The highest BCUT2D eigenvalue weighted by molar-refractivity contribution is 5.81. The molecule has 1 N–H and O–H groups in total. The zero-order valence-corrected chi connectivity index (χ0v) is 8.82. The highest BCUT2D eigenvalue weighted by atomic mass is 19.1. The molecule has 0 heterocycles. The predicted molar refractivity (Wildman–Crippen MR) is 58.5 cm³/mol. The third kappa shape index (κ3) is 2.69. The second kappa shape index (κ2) is 4.47. The van der Waals surface area contributed by atoms with Crippen LogP contribution in [0.15, 0.2) is 35.9 Å². The molecule has 0 unspecified atom stereocenters. The molecule has 16 heavy (non-hydrogen) atoms. The number of hydrogen-bond acceptors (Lipinski definition) is 1. The summed E-state index contributed by atoms with van der Waals surface area (Å²) in [5.41, 5.74) is 1.40. The van der Waals surface area contributed by atoms with Gasteiger partial charge in [0.25, 0.3) is 0 Å². The molecule has 84 valence electrons. The van der Waals surface area contributed by atoms with Gasteiger partial charge in [0, 0.05) is 6.08 Å². The molecule has 2 nitrogen and oxygen atoms in total. The molecular weight excluding hydrogens is 207 g/mol. The lowest BCUT2D eigenvalue weighted by atomic mass is 10.0. The summed E-state index contributed by atoms with van der Waals surface area (Å²) in [5, 5.41) is 8.74. The Labute approximate surface area is 93.4 Å². The topological polar surface area (TPSA) is 37.3 Å². The summed E-state index contributed by atoms with van der Waals surface area (Å²) in [6.07, 6.45) is 3.68. The van der Waals surface area contributed by atoms with Gasteiger partial charge in [0.2, 0.25) is 0 Å². The van der Waals surface area contributed by atoms with E-state index in [-0.39, 0.29) is 5.82 Å². The lowest BCUT2D eigenvalue weighted by Crippen LogP contribution is -2.00. The number of carboxylic acids is 1. The summed E-state index contributed by atoms with van der Waals surface area (Å²) in [7, 11) is 0. The zero-order valence-electron chi connectivity index (χ0n) is 8.82.